The lowest BCUT2D eigenvalue weighted by molar-refractivity contribution is -0.116. The third-order valence-electron chi connectivity index (χ3n) is 3.33. The van der Waals surface area contributed by atoms with E-state index in [4.69, 9.17) is 5.73 Å². The predicted molar refractivity (Wildman–Crippen MR) is 101 cm³/mol. The first-order chi connectivity index (χ1) is 11.5. The molecule has 4 N–H and O–H groups in total. The molecule has 2 aromatic rings. The van der Waals surface area contributed by atoms with Crippen LogP contribution >= 0.6 is 27.7 Å². The Bertz CT molecular complexity index is 722. The summed E-state index contributed by atoms with van der Waals surface area (Å²) >= 11 is 5.02. The van der Waals surface area contributed by atoms with Crippen LogP contribution in [-0.2, 0) is 4.79 Å². The van der Waals surface area contributed by atoms with Gasteiger partial charge in [-0.25, -0.2) is 4.79 Å². The number of rotatable bonds is 6. The fourth-order valence-corrected chi connectivity index (χ4v) is 3.04. The van der Waals surface area contributed by atoms with Gasteiger partial charge in [0.2, 0.25) is 5.91 Å². The minimum Gasteiger partial charge on any atom is -0.352 e. The Hall–Kier alpha value is -1.99. The standard InChI is InChI=1S/C17H18BrN3O2S/c1-24-14-7-5-13(6-8-14)20-16(22)10-15(21-17(19)23)11-3-2-4-12(18)9-11/h2-9,15H,10H2,1H3,(H,20,22)(H3,19,21,23). The number of halogens is 1. The number of anilines is 1. The van der Waals surface area contributed by atoms with Gasteiger partial charge >= 0.3 is 6.03 Å². The van der Waals surface area contributed by atoms with E-state index in [0.717, 1.165) is 14.9 Å². The largest absolute Gasteiger partial charge is 0.352 e. The number of nitrogens with one attached hydrogen (secondary N) is 2. The van der Waals surface area contributed by atoms with E-state index in [2.05, 4.69) is 26.6 Å². The average molecular weight is 408 g/mol. The SMILES string of the molecule is CSc1ccc(NC(=O)CC(NC(N)=O)c2cccc(Br)c2)cc1. The highest BCUT2D eigenvalue weighted by Gasteiger charge is 2.18. The maximum atomic E-state index is 12.3. The molecule has 2 aromatic carbocycles. The van der Waals surface area contributed by atoms with Crippen molar-refractivity contribution in [1.29, 1.82) is 0 Å². The van der Waals surface area contributed by atoms with Crippen molar-refractivity contribution >= 4 is 45.3 Å². The molecule has 0 aromatic heterocycles. The molecule has 0 saturated heterocycles. The normalized spacial score (nSPS) is 11.6. The van der Waals surface area contributed by atoms with Crippen LogP contribution in [0.3, 0.4) is 0 Å². The van der Waals surface area contributed by atoms with Crippen LogP contribution in [0.25, 0.3) is 0 Å². The zero-order valence-corrected chi connectivity index (χ0v) is 15.5. The molecule has 24 heavy (non-hydrogen) atoms. The molecular formula is C17H18BrN3O2S. The van der Waals surface area contributed by atoms with E-state index in [-0.39, 0.29) is 12.3 Å². The summed E-state index contributed by atoms with van der Waals surface area (Å²) in [6, 6.07) is 13.8. The summed E-state index contributed by atoms with van der Waals surface area (Å²) in [6.07, 6.45) is 2.08. The summed E-state index contributed by atoms with van der Waals surface area (Å²) in [6.45, 7) is 0. The van der Waals surface area contributed by atoms with Crippen LogP contribution in [0.1, 0.15) is 18.0 Å². The third kappa shape index (κ3) is 5.58. The fraction of sp³-hybridized carbons (Fsp3) is 0.176. The molecule has 1 unspecified atom stereocenters. The lowest BCUT2D eigenvalue weighted by atomic mass is 10.0. The maximum absolute atomic E-state index is 12.3. The average Bonchev–Trinajstić information content (AvgIpc) is 2.54. The first-order valence-corrected chi connectivity index (χ1v) is 9.25. The third-order valence-corrected chi connectivity index (χ3v) is 4.57. The molecule has 126 valence electrons. The Labute approximate surface area is 153 Å². The number of carbonyl (C=O) groups excluding carboxylic acids is 2. The lowest BCUT2D eigenvalue weighted by Crippen LogP contribution is -2.35. The molecule has 0 saturated carbocycles. The van der Waals surface area contributed by atoms with Crippen LogP contribution < -0.4 is 16.4 Å². The predicted octanol–water partition coefficient (Wildman–Crippen LogP) is 3.91. The number of nitrogens with two attached hydrogens (primary N) is 1. The van der Waals surface area contributed by atoms with E-state index in [1.54, 1.807) is 11.8 Å². The summed E-state index contributed by atoms with van der Waals surface area (Å²) in [5.74, 6) is -0.203. The molecule has 5 nitrogen and oxygen atoms in total. The first-order valence-electron chi connectivity index (χ1n) is 7.23. The van der Waals surface area contributed by atoms with Gasteiger partial charge in [-0.1, -0.05) is 28.1 Å². The fourth-order valence-electron chi connectivity index (χ4n) is 2.22. The van der Waals surface area contributed by atoms with Crippen LogP contribution in [0.15, 0.2) is 57.9 Å². The summed E-state index contributed by atoms with van der Waals surface area (Å²) < 4.78 is 0.865. The van der Waals surface area contributed by atoms with Gasteiger partial charge in [-0.3, -0.25) is 4.79 Å². The summed E-state index contributed by atoms with van der Waals surface area (Å²) in [4.78, 5) is 24.7. The summed E-state index contributed by atoms with van der Waals surface area (Å²) in [5, 5.41) is 5.44. The molecule has 1 atom stereocenters. The highest BCUT2D eigenvalue weighted by Crippen LogP contribution is 2.22. The van der Waals surface area contributed by atoms with Gasteiger partial charge in [-0.15, -0.1) is 11.8 Å². The van der Waals surface area contributed by atoms with Crippen LogP contribution in [-0.4, -0.2) is 18.2 Å². The second kappa shape index (κ2) is 8.75. The molecule has 0 fully saturated rings. The van der Waals surface area contributed by atoms with Crippen molar-refractivity contribution in [3.8, 4) is 0 Å². The Morgan fingerprint density at radius 1 is 1.21 bits per heavy atom. The molecule has 2 rings (SSSR count). The smallest absolute Gasteiger partial charge is 0.312 e. The van der Waals surface area contributed by atoms with Crippen LogP contribution in [0, 0.1) is 0 Å². The van der Waals surface area contributed by atoms with Gasteiger partial charge in [0.1, 0.15) is 0 Å². The molecule has 0 heterocycles. The van der Waals surface area contributed by atoms with Gasteiger partial charge in [-0.05, 0) is 48.2 Å². The van der Waals surface area contributed by atoms with Crippen molar-refractivity contribution in [3.05, 3.63) is 58.6 Å². The van der Waals surface area contributed by atoms with Gasteiger partial charge in [0, 0.05) is 15.1 Å². The molecular weight excluding hydrogens is 390 g/mol. The molecule has 0 aliphatic carbocycles. The molecule has 3 amide bonds. The Morgan fingerprint density at radius 2 is 1.92 bits per heavy atom. The number of hydrogen-bond acceptors (Lipinski definition) is 3. The summed E-state index contributed by atoms with van der Waals surface area (Å²) in [7, 11) is 0. The van der Waals surface area contributed by atoms with Gasteiger partial charge in [0.15, 0.2) is 0 Å². The van der Waals surface area contributed by atoms with E-state index >= 15 is 0 Å². The van der Waals surface area contributed by atoms with Gasteiger partial charge in [-0.2, -0.15) is 0 Å². The van der Waals surface area contributed by atoms with Gasteiger partial charge in [0.05, 0.1) is 12.5 Å². The van der Waals surface area contributed by atoms with E-state index in [1.165, 1.54) is 0 Å². The summed E-state index contributed by atoms with van der Waals surface area (Å²) in [5.41, 5.74) is 6.75. The van der Waals surface area contributed by atoms with E-state index < -0.39 is 12.1 Å². The molecule has 0 aliphatic heterocycles. The maximum Gasteiger partial charge on any atom is 0.312 e. The monoisotopic (exact) mass is 407 g/mol. The first kappa shape index (κ1) is 18.4. The number of hydrogen-bond donors (Lipinski definition) is 3. The quantitative estimate of drug-likeness (QED) is 0.634. The molecule has 7 heteroatoms. The molecule has 0 bridgehead atoms. The molecule has 0 spiro atoms. The Balaban J connectivity index is 2.07. The molecule has 0 radical (unpaired) electrons. The zero-order valence-electron chi connectivity index (χ0n) is 13.1. The van der Waals surface area contributed by atoms with Gasteiger partial charge in [0.25, 0.3) is 0 Å². The highest BCUT2D eigenvalue weighted by molar-refractivity contribution is 9.10. The van der Waals surface area contributed by atoms with Crippen LogP contribution in [0.4, 0.5) is 10.5 Å². The molecule has 0 aliphatic rings. The lowest BCUT2D eigenvalue weighted by Gasteiger charge is -2.18. The van der Waals surface area contributed by atoms with E-state index in [0.29, 0.717) is 5.69 Å². The highest BCUT2D eigenvalue weighted by atomic mass is 79.9. The van der Waals surface area contributed by atoms with Crippen molar-refractivity contribution in [2.75, 3.05) is 11.6 Å². The van der Waals surface area contributed by atoms with E-state index in [9.17, 15) is 9.59 Å². The Morgan fingerprint density at radius 3 is 2.50 bits per heavy atom. The van der Waals surface area contributed by atoms with Crippen molar-refractivity contribution < 1.29 is 9.59 Å². The van der Waals surface area contributed by atoms with Crippen molar-refractivity contribution in [1.82, 2.24) is 5.32 Å². The number of carbonyl (C=O) groups is 2. The van der Waals surface area contributed by atoms with Crippen LogP contribution in [0.2, 0.25) is 0 Å². The topological polar surface area (TPSA) is 84.2 Å². The number of primary amides is 1. The second-order valence-electron chi connectivity index (χ2n) is 5.10. The number of thioether (sulfide) groups is 1. The van der Waals surface area contributed by atoms with E-state index in [1.807, 2.05) is 54.8 Å². The number of amides is 3. The zero-order chi connectivity index (χ0) is 17.5. The van der Waals surface area contributed by atoms with Crippen LogP contribution in [0.5, 0.6) is 0 Å². The number of benzene rings is 2. The van der Waals surface area contributed by atoms with Crippen molar-refractivity contribution in [2.24, 2.45) is 5.73 Å². The Kier molecular flexibility index (Phi) is 6.69. The van der Waals surface area contributed by atoms with Crippen molar-refractivity contribution in [2.45, 2.75) is 17.4 Å². The second-order valence-corrected chi connectivity index (χ2v) is 6.89. The van der Waals surface area contributed by atoms with Gasteiger partial charge < -0.3 is 16.4 Å². The minimum absolute atomic E-state index is 0.0870. The minimum atomic E-state index is -0.669. The van der Waals surface area contributed by atoms with Crippen molar-refractivity contribution in [3.63, 3.8) is 0 Å². The number of urea groups is 1.